The Kier molecular flexibility index (Phi) is 4.70. The summed E-state index contributed by atoms with van der Waals surface area (Å²) < 4.78 is 1.75. The van der Waals surface area contributed by atoms with E-state index in [0.29, 0.717) is 6.42 Å². The summed E-state index contributed by atoms with van der Waals surface area (Å²) in [5.41, 5.74) is 5.15. The molecule has 0 aromatic carbocycles. The lowest BCUT2D eigenvalue weighted by molar-refractivity contribution is -0.138. The number of hydrogen-bond donors (Lipinski definition) is 2. The number of aliphatic carboxylic acids is 1. The minimum atomic E-state index is -0.954. The third-order valence-electron chi connectivity index (χ3n) is 0.796. The molecule has 9 heavy (non-hydrogen) atoms. The summed E-state index contributed by atoms with van der Waals surface area (Å²) in [5, 5.41) is 8.25. The first-order valence-corrected chi connectivity index (χ1v) is 3.66. The summed E-state index contributed by atoms with van der Waals surface area (Å²) >= 11 is 2.02. The average Bonchev–Trinajstić information content (AvgIpc) is 1.82. The van der Waals surface area contributed by atoms with E-state index < -0.39 is 12.0 Å². The molecule has 0 aliphatic heterocycles. The number of carboxylic acid groups (broad SMARTS) is 1. The highest BCUT2D eigenvalue weighted by atomic mass is 127. The van der Waals surface area contributed by atoms with Crippen LogP contribution in [0.25, 0.3) is 0 Å². The Morgan fingerprint density at radius 1 is 1.89 bits per heavy atom. The minimum absolute atomic E-state index is 0.401. The lowest BCUT2D eigenvalue weighted by atomic mass is 10.2. The van der Waals surface area contributed by atoms with Crippen molar-refractivity contribution < 1.29 is 9.90 Å². The van der Waals surface area contributed by atoms with Crippen LogP contribution in [0.1, 0.15) is 6.42 Å². The molecule has 0 fully saturated rings. The van der Waals surface area contributed by atoms with Gasteiger partial charge < -0.3 is 10.8 Å². The Balaban J connectivity index is 3.50. The molecule has 0 aromatic rings. The van der Waals surface area contributed by atoms with Gasteiger partial charge >= 0.3 is 5.97 Å². The van der Waals surface area contributed by atoms with Gasteiger partial charge in [-0.3, -0.25) is 4.79 Å². The molecule has 0 saturated heterocycles. The van der Waals surface area contributed by atoms with Gasteiger partial charge in [0.05, 0.1) is 0 Å². The summed E-state index contributed by atoms with van der Waals surface area (Å²) in [6, 6.07) is -0.754. The topological polar surface area (TPSA) is 63.3 Å². The molecule has 0 spiro atoms. The Hall–Kier alpha value is -0.100. The Morgan fingerprint density at radius 2 is 2.44 bits per heavy atom. The Labute approximate surface area is 67.1 Å². The van der Waals surface area contributed by atoms with E-state index in [-0.39, 0.29) is 0 Å². The summed E-state index contributed by atoms with van der Waals surface area (Å²) in [6.45, 7) is 0. The molecule has 3 N–H and O–H groups in total. The van der Waals surface area contributed by atoms with Crippen LogP contribution in [0.3, 0.4) is 0 Å². The molecule has 0 amide bonds. The lowest BCUT2D eigenvalue weighted by Crippen LogP contribution is -2.29. The van der Waals surface area contributed by atoms with E-state index in [9.17, 15) is 4.79 Å². The van der Waals surface area contributed by atoms with E-state index in [0.717, 1.165) is 0 Å². The summed E-state index contributed by atoms with van der Waals surface area (Å²) in [5.74, 6) is -0.954. The smallest absolute Gasteiger partial charge is 0.320 e. The van der Waals surface area contributed by atoms with Crippen molar-refractivity contribution in [2.75, 3.05) is 0 Å². The molecule has 0 heterocycles. The number of halogens is 1. The zero-order valence-electron chi connectivity index (χ0n) is 4.75. The van der Waals surface area contributed by atoms with Crippen LogP contribution in [0, 0.1) is 0 Å². The molecule has 0 saturated carbocycles. The van der Waals surface area contributed by atoms with Gasteiger partial charge in [0.1, 0.15) is 6.04 Å². The molecule has 1 unspecified atom stereocenters. The fourth-order valence-electron chi connectivity index (χ4n) is 0.299. The molecular weight excluding hydrogens is 233 g/mol. The van der Waals surface area contributed by atoms with Crippen molar-refractivity contribution in [2.45, 2.75) is 12.5 Å². The molecule has 0 aliphatic carbocycles. The normalized spacial score (nSPS) is 14.0. The molecule has 0 radical (unpaired) electrons. The Bertz CT molecular complexity index is 124. The van der Waals surface area contributed by atoms with Gasteiger partial charge in [0.25, 0.3) is 0 Å². The van der Waals surface area contributed by atoms with E-state index in [1.807, 2.05) is 22.6 Å². The van der Waals surface area contributed by atoms with E-state index in [1.165, 1.54) is 0 Å². The second-order valence-corrected chi connectivity index (χ2v) is 2.26. The minimum Gasteiger partial charge on any atom is -0.480 e. The zero-order chi connectivity index (χ0) is 7.28. The quantitative estimate of drug-likeness (QED) is 0.716. The zero-order valence-corrected chi connectivity index (χ0v) is 6.91. The van der Waals surface area contributed by atoms with Crippen LogP contribution in [-0.4, -0.2) is 17.1 Å². The molecule has 4 heteroatoms. The summed E-state index contributed by atoms with van der Waals surface area (Å²) in [6.07, 6.45) is 2.12. The van der Waals surface area contributed by atoms with Crippen LogP contribution < -0.4 is 5.73 Å². The molecule has 0 rings (SSSR count). The SMILES string of the molecule is NC(C/C=C/I)C(=O)O. The second kappa shape index (κ2) is 4.75. The van der Waals surface area contributed by atoms with Crippen molar-refractivity contribution in [1.82, 2.24) is 0 Å². The number of hydrogen-bond acceptors (Lipinski definition) is 2. The van der Waals surface area contributed by atoms with Gasteiger partial charge in [-0.2, -0.15) is 0 Å². The molecule has 1 atom stereocenters. The van der Waals surface area contributed by atoms with Gasteiger partial charge in [0.15, 0.2) is 0 Å². The largest absolute Gasteiger partial charge is 0.480 e. The number of nitrogens with two attached hydrogens (primary N) is 1. The van der Waals surface area contributed by atoms with E-state index in [1.54, 1.807) is 10.2 Å². The van der Waals surface area contributed by atoms with Crippen LogP contribution in [-0.2, 0) is 4.79 Å². The maximum Gasteiger partial charge on any atom is 0.320 e. The predicted octanol–water partition coefficient (Wildman–Crippen LogP) is 0.737. The molecule has 3 nitrogen and oxygen atoms in total. The van der Waals surface area contributed by atoms with Gasteiger partial charge in [0, 0.05) is 0 Å². The van der Waals surface area contributed by atoms with E-state index in [2.05, 4.69) is 0 Å². The highest BCUT2D eigenvalue weighted by Crippen LogP contribution is 1.92. The summed E-state index contributed by atoms with van der Waals surface area (Å²) in [4.78, 5) is 10.0. The van der Waals surface area contributed by atoms with Crippen molar-refractivity contribution in [3.8, 4) is 0 Å². The third kappa shape index (κ3) is 4.41. The van der Waals surface area contributed by atoms with Crippen LogP contribution in [0.2, 0.25) is 0 Å². The summed E-state index contributed by atoms with van der Waals surface area (Å²) in [7, 11) is 0. The van der Waals surface area contributed by atoms with Crippen molar-refractivity contribution >= 4 is 28.6 Å². The molecule has 0 aliphatic rings. The highest BCUT2D eigenvalue weighted by Gasteiger charge is 2.07. The highest BCUT2D eigenvalue weighted by molar-refractivity contribution is 14.1. The van der Waals surface area contributed by atoms with Crippen LogP contribution in [0.15, 0.2) is 10.2 Å². The second-order valence-electron chi connectivity index (χ2n) is 1.54. The van der Waals surface area contributed by atoms with Gasteiger partial charge in [-0.1, -0.05) is 28.7 Å². The Morgan fingerprint density at radius 3 is 2.78 bits per heavy atom. The van der Waals surface area contributed by atoms with Crippen molar-refractivity contribution in [3.63, 3.8) is 0 Å². The van der Waals surface area contributed by atoms with Crippen LogP contribution in [0.5, 0.6) is 0 Å². The van der Waals surface area contributed by atoms with Gasteiger partial charge in [0.2, 0.25) is 0 Å². The number of carbonyl (C=O) groups is 1. The van der Waals surface area contributed by atoms with Crippen molar-refractivity contribution in [3.05, 3.63) is 10.2 Å². The average molecular weight is 241 g/mol. The first-order chi connectivity index (χ1) is 4.18. The van der Waals surface area contributed by atoms with Crippen LogP contribution in [0.4, 0.5) is 0 Å². The molecule has 0 aromatic heterocycles. The number of carboxylic acids is 1. The van der Waals surface area contributed by atoms with Gasteiger partial charge in [-0.15, -0.1) is 0 Å². The van der Waals surface area contributed by atoms with Crippen molar-refractivity contribution in [2.24, 2.45) is 5.73 Å². The maximum absolute atomic E-state index is 10.0. The van der Waals surface area contributed by atoms with Crippen LogP contribution >= 0.6 is 22.6 Å². The standard InChI is InChI=1S/C5H8INO2/c6-3-1-2-4(7)5(8)9/h1,3-4H,2,7H2,(H,8,9)/b3-1+. The molecule has 0 bridgehead atoms. The first-order valence-electron chi connectivity index (χ1n) is 2.42. The maximum atomic E-state index is 10.0. The van der Waals surface area contributed by atoms with Gasteiger partial charge in [-0.25, -0.2) is 0 Å². The van der Waals surface area contributed by atoms with Gasteiger partial charge in [-0.05, 0) is 10.5 Å². The number of rotatable bonds is 3. The lowest BCUT2D eigenvalue weighted by Gasteiger charge is -1.98. The fourth-order valence-corrected chi connectivity index (χ4v) is 0.592. The third-order valence-corrected chi connectivity index (χ3v) is 1.30. The fraction of sp³-hybridized carbons (Fsp3) is 0.400. The monoisotopic (exact) mass is 241 g/mol. The van der Waals surface area contributed by atoms with Crippen molar-refractivity contribution in [1.29, 1.82) is 0 Å². The molecular formula is C5H8INO2. The molecule has 52 valence electrons. The van der Waals surface area contributed by atoms with E-state index >= 15 is 0 Å². The predicted molar refractivity (Wildman–Crippen MR) is 43.4 cm³/mol. The first kappa shape index (κ1) is 8.90. The van der Waals surface area contributed by atoms with E-state index in [4.69, 9.17) is 10.8 Å².